The Balaban J connectivity index is 2.32. The average Bonchev–Trinajstić information content (AvgIpc) is 2.69. The van der Waals surface area contributed by atoms with E-state index in [9.17, 15) is 5.11 Å². The Morgan fingerprint density at radius 2 is 1.96 bits per heavy atom. The van der Waals surface area contributed by atoms with Gasteiger partial charge < -0.3 is 25.5 Å². The number of nitrogens with one attached hydrogen (secondary N) is 1. The molecule has 0 saturated carbocycles. The van der Waals surface area contributed by atoms with E-state index in [1.54, 1.807) is 6.20 Å². The van der Waals surface area contributed by atoms with Crippen LogP contribution in [-0.4, -0.2) is 42.0 Å². The normalized spacial score (nSPS) is 20.1. The quantitative estimate of drug-likeness (QED) is 0.711. The Bertz CT molecular complexity index is 586. The highest BCUT2D eigenvalue weighted by atomic mass is 16.7. The lowest BCUT2D eigenvalue weighted by atomic mass is 9.77. The molecule has 1 fully saturated rings. The summed E-state index contributed by atoms with van der Waals surface area (Å²) in [5, 5.41) is 12.5. The number of rotatable bonds is 5. The maximum absolute atomic E-state index is 9.33. The monoisotopic (exact) mass is 319 g/mol. The molecule has 2 rings (SSSR count). The minimum Gasteiger partial charge on any atom is -0.400 e. The van der Waals surface area contributed by atoms with Crippen LogP contribution in [0, 0.1) is 0 Å². The van der Waals surface area contributed by atoms with E-state index in [-0.39, 0.29) is 17.8 Å². The van der Waals surface area contributed by atoms with Crippen molar-refractivity contribution in [3.8, 4) is 0 Å². The second-order valence-corrected chi connectivity index (χ2v) is 6.81. The first-order valence-electron chi connectivity index (χ1n) is 7.76. The van der Waals surface area contributed by atoms with Crippen molar-refractivity contribution in [1.29, 1.82) is 0 Å². The summed E-state index contributed by atoms with van der Waals surface area (Å²) in [5.41, 5.74) is 7.37. The van der Waals surface area contributed by atoms with Crippen LogP contribution in [-0.2, 0) is 15.9 Å². The second-order valence-electron chi connectivity index (χ2n) is 6.81. The molecule has 1 aliphatic heterocycles. The third-order valence-electron chi connectivity index (χ3n) is 4.48. The van der Waals surface area contributed by atoms with Crippen LogP contribution in [0.1, 0.15) is 38.8 Å². The lowest BCUT2D eigenvalue weighted by Crippen LogP contribution is -2.41. The highest BCUT2D eigenvalue weighted by Gasteiger charge is 2.52. The van der Waals surface area contributed by atoms with E-state index in [0.29, 0.717) is 17.9 Å². The summed E-state index contributed by atoms with van der Waals surface area (Å²) in [4.78, 5) is 4.12. The number of hydrogen-bond donors (Lipinski definition) is 3. The predicted octanol–water partition coefficient (Wildman–Crippen LogP) is 1.39. The number of nitrogens with two attached hydrogens (primary N) is 1. The highest BCUT2D eigenvalue weighted by molar-refractivity contribution is 6.55. The minimum absolute atomic E-state index is 0.141. The Labute approximate surface area is 138 Å². The molecule has 23 heavy (non-hydrogen) atoms. The van der Waals surface area contributed by atoms with Crippen molar-refractivity contribution < 1.29 is 14.4 Å². The number of aromatic nitrogens is 1. The zero-order valence-electron chi connectivity index (χ0n) is 14.5. The van der Waals surface area contributed by atoms with Crippen molar-refractivity contribution in [3.05, 3.63) is 28.9 Å². The summed E-state index contributed by atoms with van der Waals surface area (Å²) in [7, 11) is 1.45. The maximum Gasteiger partial charge on any atom is 0.491 e. The van der Waals surface area contributed by atoms with Crippen LogP contribution < -0.4 is 11.1 Å². The maximum atomic E-state index is 9.33. The number of hydrogen-bond acceptors (Lipinski definition) is 6. The Morgan fingerprint density at radius 1 is 1.35 bits per heavy atom. The van der Waals surface area contributed by atoms with Gasteiger partial charge in [0.1, 0.15) is 5.82 Å². The molecular weight excluding hydrogens is 293 g/mol. The van der Waals surface area contributed by atoms with Gasteiger partial charge in [0.05, 0.1) is 17.8 Å². The molecule has 6 nitrogen and oxygen atoms in total. The zero-order valence-corrected chi connectivity index (χ0v) is 14.5. The van der Waals surface area contributed by atoms with Gasteiger partial charge >= 0.3 is 7.12 Å². The number of nitrogen functional groups attached to an aromatic ring is 1. The molecule has 0 bridgehead atoms. The molecule has 1 saturated heterocycles. The van der Waals surface area contributed by atoms with Gasteiger partial charge in [0, 0.05) is 18.3 Å². The van der Waals surface area contributed by atoms with Gasteiger partial charge in [0.15, 0.2) is 0 Å². The molecule has 0 amide bonds. The van der Waals surface area contributed by atoms with Crippen LogP contribution in [0.25, 0.3) is 6.08 Å². The molecule has 0 radical (unpaired) electrons. The molecule has 2 heterocycles. The topological polar surface area (TPSA) is 89.6 Å². The van der Waals surface area contributed by atoms with Crippen molar-refractivity contribution in [2.45, 2.75) is 45.5 Å². The van der Waals surface area contributed by atoms with E-state index in [1.165, 1.54) is 0 Å². The number of pyridine rings is 1. The highest BCUT2D eigenvalue weighted by Crippen LogP contribution is 2.38. The molecule has 1 aliphatic rings. The van der Waals surface area contributed by atoms with Gasteiger partial charge in [-0.2, -0.15) is 0 Å². The van der Waals surface area contributed by atoms with Crippen LogP contribution in [0.2, 0.25) is 0 Å². The van der Waals surface area contributed by atoms with Crippen LogP contribution >= 0.6 is 0 Å². The van der Waals surface area contributed by atoms with Gasteiger partial charge in [-0.3, -0.25) is 0 Å². The standard InChI is InChI=1S/C16H26BN3O3/c1-15(2)16(3,4)23-17(22-15)13(9-19-5)7-11-6-12(10-21)14(18)20-8-11/h6-8,19,21H,9-10H2,1-5H3,(H2,18,20). The fraction of sp³-hybridized carbons (Fsp3) is 0.562. The van der Waals surface area contributed by atoms with E-state index < -0.39 is 7.12 Å². The van der Waals surface area contributed by atoms with Crippen LogP contribution in [0.4, 0.5) is 5.82 Å². The summed E-state index contributed by atoms with van der Waals surface area (Å²) < 4.78 is 12.2. The number of nitrogens with zero attached hydrogens (tertiary/aromatic N) is 1. The number of likely N-dealkylation sites (N-methyl/N-ethyl adjacent to an activating group) is 1. The first-order valence-corrected chi connectivity index (χ1v) is 7.76. The lowest BCUT2D eigenvalue weighted by molar-refractivity contribution is 0.00578. The Kier molecular flexibility index (Phi) is 5.15. The van der Waals surface area contributed by atoms with Gasteiger partial charge in [-0.05, 0) is 51.8 Å². The largest absolute Gasteiger partial charge is 0.491 e. The third-order valence-corrected chi connectivity index (χ3v) is 4.48. The smallest absolute Gasteiger partial charge is 0.400 e. The van der Waals surface area contributed by atoms with Crippen molar-refractivity contribution in [2.75, 3.05) is 19.3 Å². The number of aliphatic hydroxyl groups excluding tert-OH is 1. The molecule has 126 valence electrons. The molecule has 0 unspecified atom stereocenters. The first kappa shape index (κ1) is 17.9. The fourth-order valence-electron chi connectivity index (χ4n) is 2.36. The van der Waals surface area contributed by atoms with E-state index >= 15 is 0 Å². The van der Waals surface area contributed by atoms with Gasteiger partial charge in [-0.15, -0.1) is 0 Å². The Hall–Kier alpha value is -1.41. The van der Waals surface area contributed by atoms with Gasteiger partial charge in [-0.1, -0.05) is 6.08 Å². The minimum atomic E-state index is -0.428. The molecule has 0 aromatic carbocycles. The Morgan fingerprint density at radius 3 is 2.48 bits per heavy atom. The summed E-state index contributed by atoms with van der Waals surface area (Å²) in [6.45, 7) is 8.59. The van der Waals surface area contributed by atoms with Gasteiger partial charge in [0.2, 0.25) is 0 Å². The molecule has 1 aromatic heterocycles. The van der Waals surface area contributed by atoms with Crippen molar-refractivity contribution in [3.63, 3.8) is 0 Å². The van der Waals surface area contributed by atoms with Crippen LogP contribution in [0.15, 0.2) is 17.7 Å². The first-order chi connectivity index (χ1) is 10.7. The average molecular weight is 319 g/mol. The molecule has 0 atom stereocenters. The van der Waals surface area contributed by atoms with Crippen molar-refractivity contribution in [2.24, 2.45) is 0 Å². The van der Waals surface area contributed by atoms with Crippen molar-refractivity contribution in [1.82, 2.24) is 10.3 Å². The summed E-state index contributed by atoms with van der Waals surface area (Å²) in [6.07, 6.45) is 3.64. The van der Waals surface area contributed by atoms with Crippen LogP contribution in [0.3, 0.4) is 0 Å². The molecule has 0 spiro atoms. The SMILES string of the molecule is CNCC(=Cc1cnc(N)c(CO)c1)B1OC(C)(C)C(C)(C)O1. The number of aliphatic hydroxyl groups is 1. The third kappa shape index (κ3) is 3.75. The van der Waals surface area contributed by atoms with E-state index in [2.05, 4.69) is 10.3 Å². The van der Waals surface area contributed by atoms with E-state index in [0.717, 1.165) is 11.0 Å². The summed E-state index contributed by atoms with van der Waals surface area (Å²) in [6, 6.07) is 1.82. The number of anilines is 1. The van der Waals surface area contributed by atoms with Gasteiger partial charge in [0.25, 0.3) is 0 Å². The van der Waals surface area contributed by atoms with Crippen molar-refractivity contribution >= 4 is 19.0 Å². The molecule has 7 heteroatoms. The fourth-order valence-corrected chi connectivity index (χ4v) is 2.36. The lowest BCUT2D eigenvalue weighted by Gasteiger charge is -2.32. The van der Waals surface area contributed by atoms with Crippen LogP contribution in [0.5, 0.6) is 0 Å². The summed E-state index contributed by atoms with van der Waals surface area (Å²) in [5.74, 6) is 0.343. The molecule has 0 aliphatic carbocycles. The predicted molar refractivity (Wildman–Crippen MR) is 92.6 cm³/mol. The summed E-state index contributed by atoms with van der Waals surface area (Å²) >= 11 is 0. The zero-order chi connectivity index (χ0) is 17.3. The molecule has 4 N–H and O–H groups in total. The molecule has 1 aromatic rings. The van der Waals surface area contributed by atoms with E-state index in [4.69, 9.17) is 15.0 Å². The second kappa shape index (κ2) is 6.61. The van der Waals surface area contributed by atoms with E-state index in [1.807, 2.05) is 46.9 Å². The van der Waals surface area contributed by atoms with Gasteiger partial charge in [-0.25, -0.2) is 4.98 Å². The molecular formula is C16H26BN3O3.